The van der Waals surface area contributed by atoms with Crippen LogP contribution in [0, 0.1) is 0 Å². The maximum absolute atomic E-state index is 12.5. The van der Waals surface area contributed by atoms with E-state index >= 15 is 0 Å². The Morgan fingerprint density at radius 3 is 2.42 bits per heavy atom. The number of halogens is 2. The van der Waals surface area contributed by atoms with Gasteiger partial charge in [-0.25, -0.2) is 0 Å². The lowest BCUT2D eigenvalue weighted by Gasteiger charge is -2.21. The Morgan fingerprint density at radius 1 is 1.26 bits per heavy atom. The van der Waals surface area contributed by atoms with Gasteiger partial charge in [0.05, 0.1) is 6.61 Å². The summed E-state index contributed by atoms with van der Waals surface area (Å²) < 4.78 is 29.6. The lowest BCUT2D eigenvalue weighted by Crippen LogP contribution is -2.39. The molecule has 6 heteroatoms. The summed E-state index contributed by atoms with van der Waals surface area (Å²) in [6.07, 6.45) is -3.14. The summed E-state index contributed by atoms with van der Waals surface area (Å²) in [5, 5.41) is 0. The summed E-state index contributed by atoms with van der Waals surface area (Å²) in [6.45, 7) is 1.21. The number of carbonyl (C=O) groups excluding carboxylic acids is 2. The maximum Gasteiger partial charge on any atom is 0.325 e. The van der Waals surface area contributed by atoms with Gasteiger partial charge in [0.25, 0.3) is 5.91 Å². The summed E-state index contributed by atoms with van der Waals surface area (Å²) in [7, 11) is 0. The third kappa shape index (κ3) is 5.03. The molecular formula is C13H15F2NO3. The second-order valence-corrected chi connectivity index (χ2v) is 3.79. The molecule has 0 aliphatic carbocycles. The smallest absolute Gasteiger partial charge is 0.325 e. The number of rotatable bonds is 6. The standard InChI is InChI=1S/C13H15F2NO3/c1-2-19-11(17)9-16(13(18)12(14)15)8-10-6-4-3-5-7-10/h3-7,12H,2,8-9H2,1H3. The Hall–Kier alpha value is -1.98. The summed E-state index contributed by atoms with van der Waals surface area (Å²) in [4.78, 5) is 23.5. The van der Waals surface area contributed by atoms with Gasteiger partial charge in [-0.1, -0.05) is 30.3 Å². The number of amides is 1. The Morgan fingerprint density at radius 2 is 1.89 bits per heavy atom. The van der Waals surface area contributed by atoms with Crippen molar-refractivity contribution in [1.29, 1.82) is 0 Å². The van der Waals surface area contributed by atoms with E-state index in [0.29, 0.717) is 5.56 Å². The Bertz CT molecular complexity index is 423. The second-order valence-electron chi connectivity index (χ2n) is 3.79. The molecule has 1 aromatic carbocycles. The van der Waals surface area contributed by atoms with E-state index < -0.39 is 24.8 Å². The van der Waals surface area contributed by atoms with Gasteiger partial charge in [0.2, 0.25) is 0 Å². The van der Waals surface area contributed by atoms with E-state index in [2.05, 4.69) is 4.74 Å². The van der Waals surface area contributed by atoms with Crippen LogP contribution in [0.3, 0.4) is 0 Å². The fraction of sp³-hybridized carbons (Fsp3) is 0.385. The highest BCUT2D eigenvalue weighted by molar-refractivity contribution is 5.84. The SMILES string of the molecule is CCOC(=O)CN(Cc1ccccc1)C(=O)C(F)F. The first kappa shape index (κ1) is 15.1. The molecule has 0 aliphatic heterocycles. The monoisotopic (exact) mass is 271 g/mol. The minimum Gasteiger partial charge on any atom is -0.465 e. The fourth-order valence-electron chi connectivity index (χ4n) is 1.52. The van der Waals surface area contributed by atoms with Crippen molar-refractivity contribution in [1.82, 2.24) is 4.90 Å². The van der Waals surface area contributed by atoms with Crippen LogP contribution in [0.2, 0.25) is 0 Å². The van der Waals surface area contributed by atoms with Crippen molar-refractivity contribution in [3.8, 4) is 0 Å². The zero-order valence-electron chi connectivity index (χ0n) is 10.5. The molecule has 1 rings (SSSR count). The first-order valence-electron chi connectivity index (χ1n) is 5.81. The van der Waals surface area contributed by atoms with Crippen molar-refractivity contribution in [2.75, 3.05) is 13.2 Å². The van der Waals surface area contributed by atoms with Gasteiger partial charge in [0.15, 0.2) is 0 Å². The number of benzene rings is 1. The van der Waals surface area contributed by atoms with E-state index in [9.17, 15) is 18.4 Å². The van der Waals surface area contributed by atoms with Gasteiger partial charge >= 0.3 is 12.4 Å². The van der Waals surface area contributed by atoms with E-state index in [1.54, 1.807) is 37.3 Å². The predicted octanol–water partition coefficient (Wildman–Crippen LogP) is 1.84. The molecule has 0 atom stereocenters. The van der Waals surface area contributed by atoms with Crippen molar-refractivity contribution in [3.63, 3.8) is 0 Å². The lowest BCUT2D eigenvalue weighted by molar-refractivity contribution is -0.153. The number of nitrogens with zero attached hydrogens (tertiary/aromatic N) is 1. The van der Waals surface area contributed by atoms with Crippen LogP contribution in [0.15, 0.2) is 30.3 Å². The Balaban J connectivity index is 2.75. The Labute approximate surface area is 110 Å². The molecule has 0 fully saturated rings. The Kier molecular flexibility index (Phi) is 5.92. The van der Waals surface area contributed by atoms with Gasteiger partial charge in [-0.2, -0.15) is 8.78 Å². The number of ether oxygens (including phenoxy) is 1. The van der Waals surface area contributed by atoms with Crippen LogP contribution in [0.4, 0.5) is 8.78 Å². The van der Waals surface area contributed by atoms with Gasteiger partial charge < -0.3 is 9.64 Å². The molecule has 0 radical (unpaired) electrons. The number of esters is 1. The zero-order valence-corrected chi connectivity index (χ0v) is 10.5. The van der Waals surface area contributed by atoms with Crippen molar-refractivity contribution < 1.29 is 23.1 Å². The van der Waals surface area contributed by atoms with Crippen LogP contribution in [0.25, 0.3) is 0 Å². The summed E-state index contributed by atoms with van der Waals surface area (Å²) in [5.41, 5.74) is 0.667. The molecule has 0 aliphatic rings. The third-order valence-corrected chi connectivity index (χ3v) is 2.34. The van der Waals surface area contributed by atoms with Crippen LogP contribution in [0.1, 0.15) is 12.5 Å². The fourth-order valence-corrected chi connectivity index (χ4v) is 1.52. The molecule has 19 heavy (non-hydrogen) atoms. The molecule has 0 saturated carbocycles. The van der Waals surface area contributed by atoms with Gasteiger partial charge in [0, 0.05) is 6.54 Å². The minimum absolute atomic E-state index is 0.0528. The van der Waals surface area contributed by atoms with Crippen LogP contribution in [0.5, 0.6) is 0 Å². The second kappa shape index (κ2) is 7.45. The zero-order chi connectivity index (χ0) is 14.3. The largest absolute Gasteiger partial charge is 0.465 e. The normalized spacial score (nSPS) is 10.3. The van der Waals surface area contributed by atoms with Gasteiger partial charge in [-0.05, 0) is 12.5 Å². The van der Waals surface area contributed by atoms with Crippen LogP contribution >= 0.6 is 0 Å². The number of carbonyl (C=O) groups is 2. The molecule has 0 unspecified atom stereocenters. The summed E-state index contributed by atoms with van der Waals surface area (Å²) in [5.74, 6) is -2.08. The molecule has 0 bridgehead atoms. The third-order valence-electron chi connectivity index (χ3n) is 2.34. The highest BCUT2D eigenvalue weighted by Gasteiger charge is 2.25. The lowest BCUT2D eigenvalue weighted by atomic mass is 10.2. The summed E-state index contributed by atoms with van der Waals surface area (Å²) >= 11 is 0. The highest BCUT2D eigenvalue weighted by Crippen LogP contribution is 2.08. The molecular weight excluding hydrogens is 256 g/mol. The van der Waals surface area contributed by atoms with Crippen LogP contribution in [-0.2, 0) is 20.9 Å². The van der Waals surface area contributed by atoms with E-state index in [1.807, 2.05) is 0 Å². The van der Waals surface area contributed by atoms with Gasteiger partial charge in [0.1, 0.15) is 6.54 Å². The number of hydrogen-bond acceptors (Lipinski definition) is 3. The molecule has 0 N–H and O–H groups in total. The van der Waals surface area contributed by atoms with Gasteiger partial charge in [-0.3, -0.25) is 9.59 Å². The topological polar surface area (TPSA) is 46.6 Å². The molecule has 4 nitrogen and oxygen atoms in total. The molecule has 104 valence electrons. The van der Waals surface area contributed by atoms with Crippen molar-refractivity contribution in [2.24, 2.45) is 0 Å². The van der Waals surface area contributed by atoms with Crippen molar-refractivity contribution in [2.45, 2.75) is 19.9 Å². The molecule has 1 aromatic rings. The van der Waals surface area contributed by atoms with Crippen molar-refractivity contribution in [3.05, 3.63) is 35.9 Å². The molecule has 1 amide bonds. The van der Waals surface area contributed by atoms with Crippen molar-refractivity contribution >= 4 is 11.9 Å². The van der Waals surface area contributed by atoms with Crippen LogP contribution < -0.4 is 0 Å². The van der Waals surface area contributed by atoms with E-state index in [1.165, 1.54) is 0 Å². The van der Waals surface area contributed by atoms with E-state index in [0.717, 1.165) is 4.90 Å². The van der Waals surface area contributed by atoms with Crippen LogP contribution in [-0.4, -0.2) is 36.4 Å². The average Bonchev–Trinajstić information content (AvgIpc) is 2.38. The molecule has 0 saturated heterocycles. The highest BCUT2D eigenvalue weighted by atomic mass is 19.3. The maximum atomic E-state index is 12.5. The number of hydrogen-bond donors (Lipinski definition) is 0. The van der Waals surface area contributed by atoms with E-state index in [-0.39, 0.29) is 13.2 Å². The minimum atomic E-state index is -3.14. The predicted molar refractivity (Wildman–Crippen MR) is 64.5 cm³/mol. The average molecular weight is 271 g/mol. The van der Waals surface area contributed by atoms with Gasteiger partial charge in [-0.15, -0.1) is 0 Å². The molecule has 0 aromatic heterocycles. The first-order valence-corrected chi connectivity index (χ1v) is 5.81. The summed E-state index contributed by atoms with van der Waals surface area (Å²) in [6, 6.07) is 8.61. The number of alkyl halides is 2. The molecule has 0 heterocycles. The first-order chi connectivity index (χ1) is 9.04. The van der Waals surface area contributed by atoms with E-state index in [4.69, 9.17) is 0 Å². The quantitative estimate of drug-likeness (QED) is 0.742. The molecule has 0 spiro atoms.